The van der Waals surface area contributed by atoms with Gasteiger partial charge in [0.25, 0.3) is 0 Å². The molecule has 0 aromatic carbocycles. The molecule has 0 unspecified atom stereocenters. The molecule has 9 N–H and O–H groups in total. The summed E-state index contributed by atoms with van der Waals surface area (Å²) in [5.41, 5.74) is 11.3. The number of phosphoric acid groups is 2. The number of anilines is 1. The van der Waals surface area contributed by atoms with E-state index in [0.29, 0.717) is 12.8 Å². The number of nitrogens with zero attached hydrogens (tertiary/aromatic N) is 3. The van der Waals surface area contributed by atoms with Crippen LogP contribution >= 0.6 is 15.6 Å². The van der Waals surface area contributed by atoms with Crippen LogP contribution in [0.4, 0.5) is 5.82 Å². The molecule has 33 heavy (non-hydrogen) atoms. The Labute approximate surface area is 187 Å². The summed E-state index contributed by atoms with van der Waals surface area (Å²) in [4.78, 5) is 55.3. The fourth-order valence-electron chi connectivity index (χ4n) is 3.03. The maximum absolute atomic E-state index is 11.3. The molecule has 1 aromatic heterocycles. The third-order valence-electron chi connectivity index (χ3n) is 4.53. The van der Waals surface area contributed by atoms with E-state index in [-0.39, 0.29) is 30.8 Å². The van der Waals surface area contributed by atoms with E-state index < -0.39 is 52.7 Å². The highest BCUT2D eigenvalue weighted by molar-refractivity contribution is 7.46. The summed E-state index contributed by atoms with van der Waals surface area (Å²) < 4.78 is 38.5. The van der Waals surface area contributed by atoms with Gasteiger partial charge in [-0.25, -0.2) is 9.13 Å². The lowest BCUT2D eigenvalue weighted by Gasteiger charge is -2.19. The Morgan fingerprint density at radius 3 is 2.61 bits per heavy atom. The molecule has 2 rings (SSSR count). The number of carboxylic acids is 1. The van der Waals surface area contributed by atoms with E-state index in [0.717, 1.165) is 0 Å². The van der Waals surface area contributed by atoms with Crippen molar-refractivity contribution >= 4 is 27.4 Å². The lowest BCUT2D eigenvalue weighted by atomic mass is 10.1. The second-order valence-corrected chi connectivity index (χ2v) is 9.60. The minimum absolute atomic E-state index is 0.119. The number of aliphatic carboxylic acids is 1. The number of nitrogens with two attached hydrogens (primary N) is 2. The van der Waals surface area contributed by atoms with E-state index in [4.69, 9.17) is 45.4 Å². The van der Waals surface area contributed by atoms with Crippen LogP contribution in [0.2, 0.25) is 0 Å². The van der Waals surface area contributed by atoms with Gasteiger partial charge in [0.15, 0.2) is 0 Å². The molecular weight excluding hydrogens is 488 g/mol. The Bertz CT molecular complexity index is 977. The fraction of sp³-hybridized carbons (Fsp3) is 0.667. The number of nitrogen functional groups attached to an aromatic ring is 1. The zero-order valence-corrected chi connectivity index (χ0v) is 19.1. The third-order valence-corrected chi connectivity index (χ3v) is 5.56. The van der Waals surface area contributed by atoms with E-state index in [9.17, 15) is 13.9 Å². The molecule has 0 spiro atoms. The SMILES string of the molecule is Nc1ccn([C@H]2C[C@H](OP(=O)(O)O)[C@@H](COP(=O)(O)O)O2)c(=NCCCC[C@H](N)C(=O)O)n1. The molecule has 1 aliphatic heterocycles. The van der Waals surface area contributed by atoms with Crippen molar-refractivity contribution in [2.45, 2.75) is 50.2 Å². The van der Waals surface area contributed by atoms with Gasteiger partial charge in [0.2, 0.25) is 5.62 Å². The summed E-state index contributed by atoms with van der Waals surface area (Å²) in [7, 11) is -9.81. The first-order valence-corrected chi connectivity index (χ1v) is 12.7. The van der Waals surface area contributed by atoms with E-state index in [1.807, 2.05) is 0 Å². The number of ether oxygens (including phenoxy) is 1. The predicted molar refractivity (Wildman–Crippen MR) is 110 cm³/mol. The first kappa shape index (κ1) is 27.5. The van der Waals surface area contributed by atoms with Crippen molar-refractivity contribution in [1.29, 1.82) is 0 Å². The van der Waals surface area contributed by atoms with E-state index in [1.54, 1.807) is 0 Å². The minimum Gasteiger partial charge on any atom is -0.480 e. The van der Waals surface area contributed by atoms with Crippen LogP contribution in [0.5, 0.6) is 0 Å². The topological polar surface area (TPSA) is 262 Å². The second-order valence-electron chi connectivity index (χ2n) is 7.17. The molecular formula is C15H27N5O11P2. The van der Waals surface area contributed by atoms with Gasteiger partial charge in [0.05, 0.1) is 6.61 Å². The highest BCUT2D eigenvalue weighted by Gasteiger charge is 2.41. The zero-order chi connectivity index (χ0) is 24.8. The normalized spacial score (nSPS) is 23.1. The first-order chi connectivity index (χ1) is 15.2. The number of hydrogen-bond donors (Lipinski definition) is 7. The zero-order valence-electron chi connectivity index (χ0n) is 17.3. The number of aromatic nitrogens is 2. The minimum atomic E-state index is -4.95. The van der Waals surface area contributed by atoms with Crippen molar-refractivity contribution in [2.24, 2.45) is 10.7 Å². The Morgan fingerprint density at radius 1 is 1.30 bits per heavy atom. The van der Waals surface area contributed by atoms with Crippen LogP contribution in [0.25, 0.3) is 0 Å². The lowest BCUT2D eigenvalue weighted by Crippen LogP contribution is -2.30. The molecule has 188 valence electrons. The monoisotopic (exact) mass is 515 g/mol. The van der Waals surface area contributed by atoms with Crippen molar-refractivity contribution in [3.05, 3.63) is 17.9 Å². The van der Waals surface area contributed by atoms with Crippen LogP contribution < -0.4 is 17.1 Å². The average molecular weight is 515 g/mol. The van der Waals surface area contributed by atoms with Crippen LogP contribution in [0.1, 0.15) is 31.9 Å². The molecule has 1 aliphatic rings. The quantitative estimate of drug-likeness (QED) is 0.128. The Hall–Kier alpha value is -1.71. The van der Waals surface area contributed by atoms with Crippen molar-refractivity contribution in [3.8, 4) is 0 Å². The Kier molecular flexibility index (Phi) is 9.70. The Balaban J connectivity index is 2.16. The highest BCUT2D eigenvalue weighted by Crippen LogP contribution is 2.45. The van der Waals surface area contributed by atoms with Crippen LogP contribution in [-0.4, -0.2) is 71.6 Å². The molecule has 1 saturated heterocycles. The molecule has 1 fully saturated rings. The second kappa shape index (κ2) is 11.6. The number of phosphoric ester groups is 2. The van der Waals surface area contributed by atoms with Gasteiger partial charge in [0, 0.05) is 19.2 Å². The van der Waals surface area contributed by atoms with Crippen molar-refractivity contribution in [2.75, 3.05) is 18.9 Å². The van der Waals surface area contributed by atoms with Gasteiger partial charge < -0.3 is 40.9 Å². The summed E-state index contributed by atoms with van der Waals surface area (Å²) in [6.45, 7) is -0.437. The largest absolute Gasteiger partial charge is 0.480 e. The maximum Gasteiger partial charge on any atom is 0.469 e. The molecule has 4 atom stereocenters. The number of hydrogen-bond acceptors (Lipinski definition) is 10. The third kappa shape index (κ3) is 9.59. The molecule has 18 heteroatoms. The number of carbonyl (C=O) groups is 1. The molecule has 0 amide bonds. The summed E-state index contributed by atoms with van der Waals surface area (Å²) in [5.74, 6) is -0.953. The van der Waals surface area contributed by atoms with E-state index >= 15 is 0 Å². The average Bonchev–Trinajstić information content (AvgIpc) is 3.06. The summed E-state index contributed by atoms with van der Waals surface area (Å²) >= 11 is 0. The molecule has 0 aliphatic carbocycles. The molecule has 1 aromatic rings. The molecule has 2 heterocycles. The lowest BCUT2D eigenvalue weighted by molar-refractivity contribution is -0.138. The maximum atomic E-state index is 11.3. The van der Waals surface area contributed by atoms with Crippen molar-refractivity contribution in [3.63, 3.8) is 0 Å². The van der Waals surface area contributed by atoms with E-state index in [2.05, 4.69) is 14.5 Å². The summed E-state index contributed by atoms with van der Waals surface area (Å²) in [6.07, 6.45) is -0.754. The van der Waals surface area contributed by atoms with Crippen molar-refractivity contribution < 1.29 is 52.4 Å². The predicted octanol–water partition coefficient (Wildman–Crippen LogP) is -1.18. The first-order valence-electron chi connectivity index (χ1n) is 9.68. The van der Waals surface area contributed by atoms with Gasteiger partial charge in [-0.2, -0.15) is 4.98 Å². The Morgan fingerprint density at radius 2 is 2.00 bits per heavy atom. The number of rotatable bonds is 12. The van der Waals surface area contributed by atoms with Crippen LogP contribution in [0, 0.1) is 0 Å². The van der Waals surface area contributed by atoms with E-state index in [1.165, 1.54) is 16.8 Å². The van der Waals surface area contributed by atoms with Crippen LogP contribution in [0.15, 0.2) is 17.3 Å². The summed E-state index contributed by atoms with van der Waals surface area (Å²) in [5, 5.41) is 8.80. The van der Waals surface area contributed by atoms with Gasteiger partial charge in [0.1, 0.15) is 30.3 Å². The molecule has 16 nitrogen and oxygen atoms in total. The number of carboxylic acid groups (broad SMARTS) is 1. The standard InChI is InChI=1S/C15H27N5O11P2/c16-9(14(21)22)3-1-2-5-18-15-19-12(17)4-6-20(15)13-7-10(31-33(26,27)28)11(30-13)8-29-32(23,24)25/h4,6,9-11,13H,1-3,5,7-8,16H2,(H,21,22)(H2,17,18,19)(H2,23,24,25)(H2,26,27,28)/t9-,10-,11+,13+/m0/s1. The van der Waals surface area contributed by atoms with Gasteiger partial charge in [-0.1, -0.05) is 0 Å². The van der Waals surface area contributed by atoms with Gasteiger partial charge in [-0.3, -0.25) is 23.4 Å². The highest BCUT2D eigenvalue weighted by atomic mass is 31.2. The summed E-state index contributed by atoms with van der Waals surface area (Å²) in [6, 6.07) is 0.470. The van der Waals surface area contributed by atoms with Crippen LogP contribution in [0.3, 0.4) is 0 Å². The fourth-order valence-corrected chi connectivity index (χ4v) is 3.95. The van der Waals surface area contributed by atoms with Crippen LogP contribution in [-0.2, 0) is 27.7 Å². The number of unbranched alkanes of at least 4 members (excludes halogenated alkanes) is 1. The van der Waals surface area contributed by atoms with Gasteiger partial charge >= 0.3 is 21.6 Å². The van der Waals surface area contributed by atoms with Crippen molar-refractivity contribution in [1.82, 2.24) is 9.55 Å². The van der Waals surface area contributed by atoms with Gasteiger partial charge in [-0.15, -0.1) is 0 Å². The smallest absolute Gasteiger partial charge is 0.469 e. The molecule has 0 bridgehead atoms. The molecule has 0 saturated carbocycles. The molecule has 0 radical (unpaired) electrons. The van der Waals surface area contributed by atoms with Gasteiger partial charge in [-0.05, 0) is 25.3 Å².